The van der Waals surface area contributed by atoms with Crippen molar-refractivity contribution in [1.29, 1.82) is 0 Å². The zero-order chi connectivity index (χ0) is 6.57. The first-order chi connectivity index (χ1) is 3.66. The molecule has 4 heteroatoms. The minimum absolute atomic E-state index is 0.519. The van der Waals surface area contributed by atoms with E-state index in [1.165, 1.54) is 0 Å². The molecule has 0 aromatic carbocycles. The fourth-order valence-corrected chi connectivity index (χ4v) is 0.733. The summed E-state index contributed by atoms with van der Waals surface area (Å²) in [7, 11) is 3.99. The minimum Gasteiger partial charge on any atom is -0.283 e. The average molecular weight is 132 g/mol. The molecule has 0 amide bonds. The lowest BCUT2D eigenvalue weighted by molar-refractivity contribution is 0.372. The van der Waals surface area contributed by atoms with Crippen molar-refractivity contribution in [3.63, 3.8) is 0 Å². The van der Waals surface area contributed by atoms with E-state index in [9.17, 15) is 0 Å². The number of hydrogen-bond donors (Lipinski definition) is 1. The summed E-state index contributed by atoms with van der Waals surface area (Å²) >= 11 is 1.80. The molecule has 0 bridgehead atoms. The molecule has 0 saturated heterocycles. The van der Waals surface area contributed by atoms with Gasteiger partial charge in [-0.25, -0.2) is 0 Å². The van der Waals surface area contributed by atoms with Gasteiger partial charge in [0, 0.05) is 14.1 Å². The smallest absolute Gasteiger partial charge is 0.283 e. The van der Waals surface area contributed by atoms with Gasteiger partial charge in [-0.3, -0.25) is 10.3 Å². The molecule has 0 radical (unpaired) electrons. The zero-order valence-electron chi connectivity index (χ0n) is 5.93. The molecule has 0 fully saturated rings. The van der Waals surface area contributed by atoms with E-state index in [2.05, 4.69) is 18.4 Å². The number of nitrogens with one attached hydrogen (secondary N) is 1. The van der Waals surface area contributed by atoms with Crippen molar-refractivity contribution in [2.45, 2.75) is 6.82 Å². The Morgan fingerprint density at radius 3 is 2.12 bits per heavy atom. The van der Waals surface area contributed by atoms with Crippen LogP contribution in [0.25, 0.3) is 0 Å². The van der Waals surface area contributed by atoms with Crippen molar-refractivity contribution in [1.82, 2.24) is 10.3 Å². The predicted octanol–water partition coefficient (Wildman–Crippen LogP) is 0.534. The first-order valence-electron chi connectivity index (χ1n) is 2.63. The summed E-state index contributed by atoms with van der Waals surface area (Å²) in [5.41, 5.74) is 0. The first-order valence-corrected chi connectivity index (χ1v) is 3.92. The molecular weight excluding hydrogens is 119 g/mol. The molecular formula is C4H13BN2S. The second kappa shape index (κ2) is 4.24. The molecule has 0 aromatic heterocycles. The van der Waals surface area contributed by atoms with Gasteiger partial charge in [-0.15, -0.1) is 0 Å². The van der Waals surface area contributed by atoms with Crippen LogP contribution in [0.1, 0.15) is 0 Å². The number of nitrogens with zero attached hydrogens (tertiary/aromatic N) is 1. The molecule has 8 heavy (non-hydrogen) atoms. The Morgan fingerprint density at radius 2 is 2.00 bits per heavy atom. The van der Waals surface area contributed by atoms with E-state index in [4.69, 9.17) is 0 Å². The molecule has 0 saturated carbocycles. The summed E-state index contributed by atoms with van der Waals surface area (Å²) in [6.07, 6.45) is 2.60. The standard InChI is InChI=1S/C4H13BN2S/c1-5(8-4)6-7(2)3/h6H,1-4H3. The van der Waals surface area contributed by atoms with Crippen molar-refractivity contribution in [3.8, 4) is 0 Å². The van der Waals surface area contributed by atoms with Crippen LogP contribution in [0.4, 0.5) is 0 Å². The van der Waals surface area contributed by atoms with E-state index in [1.807, 2.05) is 19.1 Å². The minimum atomic E-state index is 0.519. The van der Waals surface area contributed by atoms with Gasteiger partial charge in [-0.05, 0) is 6.26 Å². The maximum absolute atomic E-state index is 3.19. The molecule has 0 unspecified atom stereocenters. The van der Waals surface area contributed by atoms with Gasteiger partial charge in [0.25, 0.3) is 6.13 Å². The van der Waals surface area contributed by atoms with Gasteiger partial charge >= 0.3 is 0 Å². The third-order valence-corrected chi connectivity index (χ3v) is 1.61. The van der Waals surface area contributed by atoms with Crippen molar-refractivity contribution >= 4 is 17.7 Å². The summed E-state index contributed by atoms with van der Waals surface area (Å²) in [5, 5.41) is 5.15. The van der Waals surface area contributed by atoms with Crippen molar-refractivity contribution < 1.29 is 0 Å². The van der Waals surface area contributed by atoms with Gasteiger partial charge in [0.2, 0.25) is 0 Å². The van der Waals surface area contributed by atoms with Gasteiger partial charge in [-0.1, -0.05) is 6.82 Å². The fourth-order valence-electron chi connectivity index (χ4n) is 0.416. The van der Waals surface area contributed by atoms with Gasteiger partial charge in [0.1, 0.15) is 0 Å². The van der Waals surface area contributed by atoms with E-state index in [0.717, 1.165) is 0 Å². The lowest BCUT2D eigenvalue weighted by Gasteiger charge is -2.13. The van der Waals surface area contributed by atoms with Crippen LogP contribution >= 0.6 is 11.6 Å². The Morgan fingerprint density at radius 1 is 1.50 bits per heavy atom. The molecule has 0 aliphatic heterocycles. The topological polar surface area (TPSA) is 15.3 Å². The normalized spacial score (nSPS) is 10.1. The highest BCUT2D eigenvalue weighted by atomic mass is 32.2. The summed E-state index contributed by atoms with van der Waals surface area (Å²) in [4.78, 5) is 0. The van der Waals surface area contributed by atoms with Crippen molar-refractivity contribution in [3.05, 3.63) is 0 Å². The van der Waals surface area contributed by atoms with Crippen LogP contribution in [0.15, 0.2) is 0 Å². The van der Waals surface area contributed by atoms with Crippen LogP contribution in [-0.2, 0) is 0 Å². The lowest BCUT2D eigenvalue weighted by Crippen LogP contribution is -2.39. The second-order valence-electron chi connectivity index (χ2n) is 1.90. The Labute approximate surface area is 56.0 Å². The van der Waals surface area contributed by atoms with E-state index >= 15 is 0 Å². The molecule has 0 heterocycles. The highest BCUT2D eigenvalue weighted by molar-refractivity contribution is 8.24. The predicted molar refractivity (Wildman–Crippen MR) is 42.0 cm³/mol. The van der Waals surface area contributed by atoms with Gasteiger partial charge < -0.3 is 0 Å². The quantitative estimate of drug-likeness (QED) is 0.445. The third-order valence-electron chi connectivity index (χ3n) is 0.794. The Kier molecular flexibility index (Phi) is 4.41. The van der Waals surface area contributed by atoms with Crippen LogP contribution in [0, 0.1) is 0 Å². The molecule has 0 atom stereocenters. The van der Waals surface area contributed by atoms with Crippen LogP contribution in [0.3, 0.4) is 0 Å². The Hall–Kier alpha value is 0.335. The molecule has 0 spiro atoms. The van der Waals surface area contributed by atoms with Crippen LogP contribution in [-0.4, -0.2) is 31.5 Å². The Bertz CT molecular complexity index is 60.0. The van der Waals surface area contributed by atoms with Crippen molar-refractivity contribution in [2.75, 3.05) is 20.4 Å². The van der Waals surface area contributed by atoms with Gasteiger partial charge in [-0.2, -0.15) is 11.6 Å². The van der Waals surface area contributed by atoms with Gasteiger partial charge in [0.15, 0.2) is 0 Å². The molecule has 0 aliphatic rings. The maximum atomic E-state index is 3.19. The molecule has 0 rings (SSSR count). The fraction of sp³-hybridized carbons (Fsp3) is 1.00. The molecule has 2 nitrogen and oxygen atoms in total. The summed E-state index contributed by atoms with van der Waals surface area (Å²) in [6.45, 7) is 2.13. The van der Waals surface area contributed by atoms with Crippen LogP contribution in [0.5, 0.6) is 0 Å². The SMILES string of the molecule is CSB(C)NN(C)C. The largest absolute Gasteiger partial charge is 0.299 e. The average Bonchev–Trinajstić information content (AvgIpc) is 1.65. The number of hydrazine groups is 1. The highest BCUT2D eigenvalue weighted by Gasteiger charge is 2.02. The van der Waals surface area contributed by atoms with Crippen LogP contribution < -0.4 is 5.34 Å². The molecule has 0 aromatic rings. The highest BCUT2D eigenvalue weighted by Crippen LogP contribution is 1.94. The van der Waals surface area contributed by atoms with Crippen LogP contribution in [0.2, 0.25) is 6.82 Å². The number of hydrogen-bond acceptors (Lipinski definition) is 3. The summed E-state index contributed by atoms with van der Waals surface area (Å²) < 4.78 is 0. The van der Waals surface area contributed by atoms with Crippen molar-refractivity contribution in [2.24, 2.45) is 0 Å². The monoisotopic (exact) mass is 132 g/mol. The Balaban J connectivity index is 3.10. The summed E-state index contributed by atoms with van der Waals surface area (Å²) in [5.74, 6) is 0. The maximum Gasteiger partial charge on any atom is 0.299 e. The second-order valence-corrected chi connectivity index (χ2v) is 3.08. The van der Waals surface area contributed by atoms with E-state index < -0.39 is 0 Å². The molecule has 0 aliphatic carbocycles. The number of rotatable bonds is 3. The molecule has 48 valence electrons. The van der Waals surface area contributed by atoms with E-state index in [1.54, 1.807) is 11.6 Å². The van der Waals surface area contributed by atoms with E-state index in [0.29, 0.717) is 6.13 Å². The zero-order valence-corrected chi connectivity index (χ0v) is 6.75. The summed E-state index contributed by atoms with van der Waals surface area (Å²) in [6, 6.07) is 0. The van der Waals surface area contributed by atoms with Gasteiger partial charge in [0.05, 0.1) is 0 Å². The van der Waals surface area contributed by atoms with E-state index in [-0.39, 0.29) is 0 Å². The first kappa shape index (κ1) is 8.33. The molecule has 1 N–H and O–H groups in total. The lowest BCUT2D eigenvalue weighted by atomic mass is 10.00. The third kappa shape index (κ3) is 4.49.